The molecule has 2 fully saturated rings. The van der Waals surface area contributed by atoms with E-state index in [0.29, 0.717) is 42.3 Å². The Labute approximate surface area is 317 Å². The second-order valence-corrected chi connectivity index (χ2v) is 16.4. The normalized spacial score (nSPS) is 17.3. The average molecular weight is 760 g/mol. The topological polar surface area (TPSA) is 164 Å². The van der Waals surface area contributed by atoms with Gasteiger partial charge in [-0.15, -0.1) is 0 Å². The lowest BCUT2D eigenvalue weighted by Crippen LogP contribution is -2.51. The summed E-state index contributed by atoms with van der Waals surface area (Å²) in [5.41, 5.74) is 1.52. The third-order valence-corrected chi connectivity index (χ3v) is 12.6. The monoisotopic (exact) mass is 759 g/mol. The number of H-pyrrole nitrogens is 1. The number of pyridine rings is 1. The number of aromatic amines is 1. The number of benzene rings is 3. The Morgan fingerprint density at radius 2 is 1.65 bits per heavy atom. The maximum atomic E-state index is 13.7. The predicted octanol–water partition coefficient (Wildman–Crippen LogP) is 4.68. The zero-order valence-corrected chi connectivity index (χ0v) is 31.8. The van der Waals surface area contributed by atoms with Gasteiger partial charge in [0, 0.05) is 62.8 Å². The Bertz CT molecular complexity index is 2040. The summed E-state index contributed by atoms with van der Waals surface area (Å²) < 4.78 is 33.1. The zero-order chi connectivity index (χ0) is 38.1. The number of rotatable bonds is 16. The van der Waals surface area contributed by atoms with Crippen molar-refractivity contribution in [3.8, 4) is 11.5 Å². The number of carbonyl (C=O) groups excluding carboxylic acids is 1. The number of aromatic hydroxyl groups is 1. The highest BCUT2D eigenvalue weighted by molar-refractivity contribution is 7.91. The summed E-state index contributed by atoms with van der Waals surface area (Å²) in [7, 11) is -3.82. The summed E-state index contributed by atoms with van der Waals surface area (Å²) in [4.78, 5) is 32.2. The summed E-state index contributed by atoms with van der Waals surface area (Å²) in [6, 6.07) is 20.3. The van der Waals surface area contributed by atoms with E-state index >= 15 is 0 Å². The summed E-state index contributed by atoms with van der Waals surface area (Å²) in [6.07, 6.45) is 7.22. The fourth-order valence-corrected chi connectivity index (χ4v) is 9.01. The quantitative estimate of drug-likeness (QED) is 0.101. The first-order valence-corrected chi connectivity index (χ1v) is 20.6. The van der Waals surface area contributed by atoms with Gasteiger partial charge in [-0.1, -0.05) is 43.5 Å². The first-order valence-electron chi connectivity index (χ1n) is 19.2. The van der Waals surface area contributed by atoms with Gasteiger partial charge in [-0.3, -0.25) is 19.4 Å². The molecule has 13 heteroatoms. The first-order chi connectivity index (χ1) is 26.1. The molecule has 1 aliphatic heterocycles. The Balaban J connectivity index is 0.918. The average Bonchev–Trinajstić information content (AvgIpc) is 3.20. The molecular formula is C41H53N5O7S. The SMILES string of the molecule is C[C@@H](c1cccc(S(=O)(=O)c2cccc(OCC(=O)NCCCCNC[C@H](O)c3ccc(O)c4[nH]c(=O)ccc34)c2)c1)N1CCN(C2CCCCC2)CC1. The molecule has 2 heterocycles. The standard InChI is InChI=1S/C41H53N5O7S/c1-29(45-21-23-46(24-22-45)31-10-3-2-4-11-31)30-9-7-13-33(25-30)54(51,52)34-14-8-12-32(26-34)53-28-40(50)43-20-6-5-19-42-27-38(48)35-15-17-37(47)41-36(35)16-18-39(49)44-41/h7-9,12-18,25-26,29,31,38,42,47-48H,2-6,10-11,19-24,27-28H2,1H3,(H,43,50)(H,44,49)/t29-,38-/m0/s1. The molecule has 0 spiro atoms. The van der Waals surface area contributed by atoms with E-state index in [2.05, 4.69) is 32.3 Å². The molecule has 290 valence electrons. The van der Waals surface area contributed by atoms with Gasteiger partial charge in [-0.2, -0.15) is 0 Å². The second kappa shape index (κ2) is 18.4. The summed E-state index contributed by atoms with van der Waals surface area (Å²) in [5, 5.41) is 27.4. The molecule has 3 aromatic carbocycles. The van der Waals surface area contributed by atoms with Crippen LogP contribution in [0.4, 0.5) is 0 Å². The highest BCUT2D eigenvalue weighted by atomic mass is 32.2. The van der Waals surface area contributed by atoms with Crippen LogP contribution in [0.15, 0.2) is 87.4 Å². The number of phenols is 1. The van der Waals surface area contributed by atoms with Crippen LogP contribution in [-0.2, 0) is 14.6 Å². The predicted molar refractivity (Wildman–Crippen MR) is 209 cm³/mol. The fourth-order valence-electron chi connectivity index (χ4n) is 7.66. The number of hydrogen-bond donors (Lipinski definition) is 5. The molecule has 0 unspecified atom stereocenters. The molecular weight excluding hydrogens is 707 g/mol. The fraction of sp³-hybridized carbons (Fsp3) is 0.463. The van der Waals surface area contributed by atoms with Gasteiger partial charge in [0.2, 0.25) is 15.4 Å². The van der Waals surface area contributed by atoms with Crippen molar-refractivity contribution in [3.63, 3.8) is 0 Å². The van der Waals surface area contributed by atoms with Crippen LogP contribution >= 0.6 is 0 Å². The van der Waals surface area contributed by atoms with Crippen LogP contribution in [0.2, 0.25) is 0 Å². The Morgan fingerprint density at radius 1 is 0.926 bits per heavy atom. The number of nitrogens with zero attached hydrogens (tertiary/aromatic N) is 2. The molecule has 5 N–H and O–H groups in total. The van der Waals surface area contributed by atoms with Crippen LogP contribution in [0.1, 0.15) is 75.1 Å². The largest absolute Gasteiger partial charge is 0.506 e. The number of unbranched alkanes of at least 4 members (excludes halogenated alkanes) is 1. The smallest absolute Gasteiger partial charge is 0.257 e. The molecule has 1 amide bonds. The Hall–Kier alpha value is -4.27. The number of nitrogens with one attached hydrogen (secondary N) is 3. The number of aliphatic hydroxyl groups is 1. The van der Waals surface area contributed by atoms with E-state index in [9.17, 15) is 28.2 Å². The van der Waals surface area contributed by atoms with Crippen LogP contribution in [0.3, 0.4) is 0 Å². The van der Waals surface area contributed by atoms with Crippen LogP contribution in [0, 0.1) is 0 Å². The van der Waals surface area contributed by atoms with Crippen molar-refractivity contribution >= 4 is 26.6 Å². The summed E-state index contributed by atoms with van der Waals surface area (Å²) in [5.74, 6) is -0.0805. The van der Waals surface area contributed by atoms with E-state index < -0.39 is 15.9 Å². The molecule has 12 nitrogen and oxygen atoms in total. The molecule has 0 bridgehead atoms. The van der Waals surface area contributed by atoms with Crippen LogP contribution in [-0.4, -0.2) is 97.8 Å². The van der Waals surface area contributed by atoms with Crippen molar-refractivity contribution < 1.29 is 28.2 Å². The number of hydrogen-bond acceptors (Lipinski definition) is 10. The van der Waals surface area contributed by atoms with Crippen molar-refractivity contribution in [2.75, 3.05) is 52.4 Å². The lowest BCUT2D eigenvalue weighted by atomic mass is 9.93. The van der Waals surface area contributed by atoms with Gasteiger partial charge in [0.05, 0.1) is 21.4 Å². The minimum Gasteiger partial charge on any atom is -0.506 e. The highest BCUT2D eigenvalue weighted by Gasteiger charge is 2.28. The van der Waals surface area contributed by atoms with Gasteiger partial charge >= 0.3 is 0 Å². The van der Waals surface area contributed by atoms with Crippen LogP contribution in [0.25, 0.3) is 10.9 Å². The minimum absolute atomic E-state index is 0.0594. The van der Waals surface area contributed by atoms with E-state index in [-0.39, 0.29) is 51.7 Å². The number of phenolic OH excluding ortho intramolecular Hbond substituents is 1. The van der Waals surface area contributed by atoms with Gasteiger partial charge in [0.25, 0.3) is 5.91 Å². The van der Waals surface area contributed by atoms with Crippen molar-refractivity contribution in [1.29, 1.82) is 0 Å². The lowest BCUT2D eigenvalue weighted by Gasteiger charge is -2.42. The lowest BCUT2D eigenvalue weighted by molar-refractivity contribution is -0.123. The third kappa shape index (κ3) is 9.88. The summed E-state index contributed by atoms with van der Waals surface area (Å²) >= 11 is 0. The van der Waals surface area contributed by atoms with Crippen molar-refractivity contribution in [3.05, 3.63) is 94.3 Å². The Morgan fingerprint density at radius 3 is 2.43 bits per heavy atom. The van der Waals surface area contributed by atoms with Gasteiger partial charge in [-0.25, -0.2) is 8.42 Å². The second-order valence-electron chi connectivity index (χ2n) is 14.4. The number of fused-ring (bicyclic) bond motifs is 1. The molecule has 54 heavy (non-hydrogen) atoms. The van der Waals surface area contributed by atoms with E-state index in [1.165, 1.54) is 50.3 Å². The van der Waals surface area contributed by atoms with Crippen molar-refractivity contribution in [2.24, 2.45) is 0 Å². The van der Waals surface area contributed by atoms with Crippen LogP contribution in [0.5, 0.6) is 11.5 Å². The van der Waals surface area contributed by atoms with Crippen molar-refractivity contribution in [1.82, 2.24) is 25.4 Å². The molecule has 1 saturated carbocycles. The molecule has 4 aromatic rings. The molecule has 1 aliphatic carbocycles. The van der Waals surface area contributed by atoms with Gasteiger partial charge in [0.15, 0.2) is 6.61 Å². The van der Waals surface area contributed by atoms with Crippen LogP contribution < -0.4 is 20.9 Å². The maximum Gasteiger partial charge on any atom is 0.257 e. The molecule has 1 aromatic heterocycles. The third-order valence-electron chi connectivity index (χ3n) is 10.8. The number of aliphatic hydroxyl groups excluding tert-OH is 1. The zero-order valence-electron chi connectivity index (χ0n) is 31.0. The number of aromatic nitrogens is 1. The van der Waals surface area contributed by atoms with E-state index in [1.54, 1.807) is 42.5 Å². The van der Waals surface area contributed by atoms with Gasteiger partial charge < -0.3 is 30.6 Å². The molecule has 0 radical (unpaired) electrons. The van der Waals surface area contributed by atoms with E-state index in [1.807, 2.05) is 12.1 Å². The number of sulfone groups is 1. The number of piperazine rings is 1. The highest BCUT2D eigenvalue weighted by Crippen LogP contribution is 2.31. The van der Waals surface area contributed by atoms with Crippen molar-refractivity contribution in [2.45, 2.75) is 79.8 Å². The van der Waals surface area contributed by atoms with E-state index in [0.717, 1.165) is 38.2 Å². The molecule has 6 rings (SSSR count). The molecule has 1 saturated heterocycles. The van der Waals surface area contributed by atoms with E-state index in [4.69, 9.17) is 4.74 Å². The number of ether oxygens (including phenoxy) is 1. The number of carbonyl (C=O) groups is 1. The molecule has 2 aliphatic rings. The molecule has 2 atom stereocenters. The van der Waals surface area contributed by atoms with Gasteiger partial charge in [0.1, 0.15) is 11.5 Å². The first kappa shape index (κ1) is 39.4. The maximum absolute atomic E-state index is 13.7. The van der Waals surface area contributed by atoms with Gasteiger partial charge in [-0.05, 0) is 92.7 Å². The minimum atomic E-state index is -3.82. The Kier molecular flexibility index (Phi) is 13.4. The number of amides is 1. The summed E-state index contributed by atoms with van der Waals surface area (Å²) in [6.45, 7) is 7.26.